The average molecular weight is 228 g/mol. The number of hydrogen-bond acceptors (Lipinski definition) is 1. The molecule has 0 amide bonds. The van der Waals surface area contributed by atoms with Gasteiger partial charge in [-0.1, -0.05) is 0 Å². The van der Waals surface area contributed by atoms with Gasteiger partial charge >= 0.3 is 80.6 Å². The summed E-state index contributed by atoms with van der Waals surface area (Å²) in [6.45, 7) is 1.20. The second-order valence-electron chi connectivity index (χ2n) is 2.96. The normalized spacial score (nSPS) is 10.6. The van der Waals surface area contributed by atoms with Crippen molar-refractivity contribution in [3.8, 4) is 0 Å². The van der Waals surface area contributed by atoms with E-state index in [1.807, 2.05) is 0 Å². The molecule has 0 bridgehead atoms. The Bertz CT molecular complexity index is 208. The summed E-state index contributed by atoms with van der Waals surface area (Å²) in [4.78, 5) is 2.24. The van der Waals surface area contributed by atoms with Gasteiger partial charge in [-0.05, 0) is 0 Å². The SMILES string of the molecule is CN(C)CC[Se]c1ccccc1. The zero-order valence-corrected chi connectivity index (χ0v) is 9.37. The molecule has 66 valence electrons. The molecular weight excluding hydrogens is 213 g/mol. The number of rotatable bonds is 4. The van der Waals surface area contributed by atoms with Crippen LogP contribution in [0.1, 0.15) is 0 Å². The molecule has 0 aliphatic carbocycles. The predicted molar refractivity (Wildman–Crippen MR) is 55.2 cm³/mol. The average Bonchev–Trinajstić information content (AvgIpc) is 2.05. The molecule has 2 heteroatoms. The Kier molecular flexibility index (Phi) is 4.37. The summed E-state index contributed by atoms with van der Waals surface area (Å²) in [6, 6.07) is 10.7. The molecule has 0 saturated carbocycles. The first kappa shape index (κ1) is 9.78. The van der Waals surface area contributed by atoms with E-state index < -0.39 is 0 Å². The third kappa shape index (κ3) is 3.91. The van der Waals surface area contributed by atoms with E-state index in [1.54, 1.807) is 0 Å². The van der Waals surface area contributed by atoms with Crippen LogP contribution in [0.5, 0.6) is 0 Å². The molecule has 0 fully saturated rings. The molecule has 0 unspecified atom stereocenters. The van der Waals surface area contributed by atoms with E-state index >= 15 is 0 Å². The van der Waals surface area contributed by atoms with Crippen LogP contribution in [-0.4, -0.2) is 40.5 Å². The molecule has 1 aromatic rings. The Morgan fingerprint density at radius 1 is 1.17 bits per heavy atom. The molecule has 1 aromatic carbocycles. The van der Waals surface area contributed by atoms with E-state index in [2.05, 4.69) is 49.3 Å². The van der Waals surface area contributed by atoms with Gasteiger partial charge in [0.1, 0.15) is 0 Å². The first-order chi connectivity index (χ1) is 5.79. The Hall–Kier alpha value is -0.301. The van der Waals surface area contributed by atoms with Gasteiger partial charge in [-0.15, -0.1) is 0 Å². The Morgan fingerprint density at radius 2 is 1.83 bits per heavy atom. The van der Waals surface area contributed by atoms with Gasteiger partial charge in [-0.3, -0.25) is 0 Å². The molecule has 0 N–H and O–H groups in total. The van der Waals surface area contributed by atoms with Crippen molar-refractivity contribution in [2.24, 2.45) is 0 Å². The maximum absolute atomic E-state index is 2.24. The second kappa shape index (κ2) is 5.36. The summed E-state index contributed by atoms with van der Waals surface area (Å²) in [6.07, 6.45) is 0. The summed E-state index contributed by atoms with van der Waals surface area (Å²) in [5.41, 5.74) is 0. The van der Waals surface area contributed by atoms with E-state index in [4.69, 9.17) is 0 Å². The van der Waals surface area contributed by atoms with Gasteiger partial charge in [0.2, 0.25) is 0 Å². The van der Waals surface area contributed by atoms with Gasteiger partial charge in [0.25, 0.3) is 0 Å². The summed E-state index contributed by atoms with van der Waals surface area (Å²) in [5, 5.41) is 1.31. The standard InChI is InChI=1S/C10H15NSe/c1-11(2)8-9-12-10-6-4-3-5-7-10/h3-7H,8-9H2,1-2H3. The molecule has 12 heavy (non-hydrogen) atoms. The summed E-state index contributed by atoms with van der Waals surface area (Å²) in [7, 11) is 4.25. The molecule has 0 aliphatic heterocycles. The molecule has 0 heterocycles. The van der Waals surface area contributed by atoms with E-state index in [-0.39, 0.29) is 0 Å². The summed E-state index contributed by atoms with van der Waals surface area (Å²) in [5.74, 6) is 0. The van der Waals surface area contributed by atoms with Crippen LogP contribution >= 0.6 is 0 Å². The van der Waals surface area contributed by atoms with E-state index in [0.29, 0.717) is 15.0 Å². The van der Waals surface area contributed by atoms with Gasteiger partial charge in [0, 0.05) is 0 Å². The third-order valence-corrected chi connectivity index (χ3v) is 3.63. The van der Waals surface area contributed by atoms with Crippen LogP contribution in [-0.2, 0) is 0 Å². The van der Waals surface area contributed by atoms with Crippen LogP contribution in [0.25, 0.3) is 0 Å². The fourth-order valence-electron chi connectivity index (χ4n) is 0.863. The van der Waals surface area contributed by atoms with Crippen LogP contribution in [0.2, 0.25) is 5.32 Å². The van der Waals surface area contributed by atoms with Crippen molar-refractivity contribution >= 4 is 19.4 Å². The van der Waals surface area contributed by atoms with Gasteiger partial charge in [0.05, 0.1) is 0 Å². The van der Waals surface area contributed by atoms with Crippen molar-refractivity contribution in [2.45, 2.75) is 5.32 Å². The molecule has 1 rings (SSSR count). The minimum absolute atomic E-state index is 0.658. The van der Waals surface area contributed by atoms with Gasteiger partial charge in [-0.25, -0.2) is 0 Å². The molecular formula is C10H15NSe. The first-order valence-electron chi connectivity index (χ1n) is 4.11. The fraction of sp³-hybridized carbons (Fsp3) is 0.400. The molecule has 0 atom stereocenters. The van der Waals surface area contributed by atoms with Crippen LogP contribution in [0, 0.1) is 0 Å². The predicted octanol–water partition coefficient (Wildman–Crippen LogP) is 0.996. The topological polar surface area (TPSA) is 3.24 Å². The zero-order chi connectivity index (χ0) is 8.81. The third-order valence-electron chi connectivity index (χ3n) is 1.55. The van der Waals surface area contributed by atoms with Crippen LogP contribution in [0.3, 0.4) is 0 Å². The number of benzene rings is 1. The van der Waals surface area contributed by atoms with Gasteiger partial charge in [0.15, 0.2) is 0 Å². The van der Waals surface area contributed by atoms with Crippen molar-refractivity contribution in [2.75, 3.05) is 20.6 Å². The Balaban J connectivity index is 2.25. The fourth-order valence-corrected chi connectivity index (χ4v) is 3.05. The molecule has 0 saturated heterocycles. The molecule has 0 spiro atoms. The van der Waals surface area contributed by atoms with E-state index in [1.165, 1.54) is 16.3 Å². The second-order valence-corrected chi connectivity index (χ2v) is 5.42. The summed E-state index contributed by atoms with van der Waals surface area (Å²) >= 11 is 0.658. The van der Waals surface area contributed by atoms with Crippen LogP contribution < -0.4 is 4.46 Å². The van der Waals surface area contributed by atoms with Gasteiger partial charge in [-0.2, -0.15) is 0 Å². The van der Waals surface area contributed by atoms with Gasteiger partial charge < -0.3 is 0 Å². The van der Waals surface area contributed by atoms with Crippen molar-refractivity contribution in [1.82, 2.24) is 4.90 Å². The maximum atomic E-state index is 2.24. The van der Waals surface area contributed by atoms with Crippen LogP contribution in [0.4, 0.5) is 0 Å². The van der Waals surface area contributed by atoms with Crippen molar-refractivity contribution in [1.29, 1.82) is 0 Å². The van der Waals surface area contributed by atoms with Crippen molar-refractivity contribution in [3.05, 3.63) is 30.3 Å². The molecule has 0 aromatic heterocycles. The Labute approximate surface area is 80.9 Å². The van der Waals surface area contributed by atoms with E-state index in [9.17, 15) is 0 Å². The zero-order valence-electron chi connectivity index (χ0n) is 7.66. The van der Waals surface area contributed by atoms with Crippen molar-refractivity contribution < 1.29 is 0 Å². The summed E-state index contributed by atoms with van der Waals surface area (Å²) < 4.78 is 1.51. The molecule has 1 nitrogen and oxygen atoms in total. The molecule has 0 aliphatic rings. The quantitative estimate of drug-likeness (QED) is 0.695. The first-order valence-corrected chi connectivity index (χ1v) is 6.18. The number of hydrogen-bond donors (Lipinski definition) is 0. The minimum atomic E-state index is 0.658. The Morgan fingerprint density at radius 3 is 2.42 bits per heavy atom. The number of nitrogens with zero attached hydrogens (tertiary/aromatic N) is 1. The van der Waals surface area contributed by atoms with Crippen LogP contribution in [0.15, 0.2) is 30.3 Å². The van der Waals surface area contributed by atoms with Crippen molar-refractivity contribution in [3.63, 3.8) is 0 Å². The molecule has 0 radical (unpaired) electrons. The monoisotopic (exact) mass is 229 g/mol. The van der Waals surface area contributed by atoms with E-state index in [0.717, 1.165) is 0 Å².